The van der Waals surface area contributed by atoms with Crippen LogP contribution in [-0.2, 0) is 5.75 Å². The van der Waals surface area contributed by atoms with Gasteiger partial charge in [0.05, 0.1) is 11.5 Å². The van der Waals surface area contributed by atoms with E-state index in [1.807, 2.05) is 0 Å². The number of hydrogen-bond donors (Lipinski definition) is 0. The molecule has 2 aromatic carbocycles. The van der Waals surface area contributed by atoms with Crippen LogP contribution in [0.3, 0.4) is 0 Å². The highest BCUT2D eigenvalue weighted by molar-refractivity contribution is 8.13. The number of amidine groups is 1. The molecule has 0 saturated heterocycles. The number of nitro groups is 1. The minimum Gasteiger partial charge on any atom is -0.285 e. The molecular formula is C17H13ClFN3O3S. The first kappa shape index (κ1) is 18.3. The molecule has 0 bridgehead atoms. The number of aliphatic imine (C=N–C) groups is 1. The van der Waals surface area contributed by atoms with Gasteiger partial charge in [-0.05, 0) is 18.2 Å². The summed E-state index contributed by atoms with van der Waals surface area (Å²) in [5, 5.41) is 11.8. The third kappa shape index (κ3) is 3.71. The molecule has 0 atom stereocenters. The van der Waals surface area contributed by atoms with E-state index >= 15 is 0 Å². The van der Waals surface area contributed by atoms with Gasteiger partial charge in [0, 0.05) is 29.0 Å². The molecule has 0 radical (unpaired) electrons. The maximum atomic E-state index is 13.9. The molecule has 0 fully saturated rings. The van der Waals surface area contributed by atoms with Crippen molar-refractivity contribution in [2.45, 2.75) is 5.75 Å². The number of nitrogens with zero attached hydrogens (tertiary/aromatic N) is 3. The van der Waals surface area contributed by atoms with Gasteiger partial charge in [0.2, 0.25) is 0 Å². The number of benzene rings is 2. The van der Waals surface area contributed by atoms with Crippen LogP contribution in [0.15, 0.2) is 47.5 Å². The number of rotatable bonds is 4. The molecule has 134 valence electrons. The molecule has 1 amide bonds. The molecule has 0 aromatic heterocycles. The Balaban J connectivity index is 1.78. The quantitative estimate of drug-likeness (QED) is 0.578. The van der Waals surface area contributed by atoms with Crippen molar-refractivity contribution in [2.24, 2.45) is 4.99 Å². The van der Waals surface area contributed by atoms with Crippen LogP contribution in [0.5, 0.6) is 0 Å². The highest BCUT2D eigenvalue weighted by Gasteiger charge is 2.30. The molecule has 3 rings (SSSR count). The molecule has 2 aromatic rings. The summed E-state index contributed by atoms with van der Waals surface area (Å²) in [6.07, 6.45) is 0. The molecule has 0 spiro atoms. The van der Waals surface area contributed by atoms with Crippen LogP contribution in [0.25, 0.3) is 0 Å². The lowest BCUT2D eigenvalue weighted by molar-refractivity contribution is -0.385. The molecule has 0 unspecified atom stereocenters. The number of hydrogen-bond acceptors (Lipinski definition) is 5. The zero-order chi connectivity index (χ0) is 18.7. The van der Waals surface area contributed by atoms with Crippen LogP contribution in [-0.4, -0.2) is 34.0 Å². The number of nitro benzene ring substituents is 1. The van der Waals surface area contributed by atoms with E-state index in [0.717, 1.165) is 0 Å². The largest absolute Gasteiger partial charge is 0.285 e. The van der Waals surface area contributed by atoms with Gasteiger partial charge in [-0.3, -0.25) is 24.8 Å². The van der Waals surface area contributed by atoms with Gasteiger partial charge in [-0.2, -0.15) is 0 Å². The Morgan fingerprint density at radius 2 is 2.08 bits per heavy atom. The Morgan fingerprint density at radius 3 is 2.81 bits per heavy atom. The Hall–Kier alpha value is -2.45. The summed E-state index contributed by atoms with van der Waals surface area (Å²) in [5.41, 5.74) is 0.0642. The van der Waals surface area contributed by atoms with E-state index in [9.17, 15) is 19.3 Å². The van der Waals surface area contributed by atoms with Crippen molar-refractivity contribution in [2.75, 3.05) is 13.1 Å². The summed E-state index contributed by atoms with van der Waals surface area (Å²) in [4.78, 5) is 29.0. The van der Waals surface area contributed by atoms with E-state index in [2.05, 4.69) is 4.99 Å². The lowest BCUT2D eigenvalue weighted by atomic mass is 10.1. The SMILES string of the molecule is O=C(c1ccccc1[N+](=O)[O-])N1CCN=C1SCc1c(F)cccc1Cl. The number of carbonyl (C=O) groups excluding carboxylic acids is 1. The standard InChI is InChI=1S/C17H13ClFN3O3S/c18-13-5-3-6-14(19)12(13)10-26-17-20-8-9-21(17)16(23)11-4-1-2-7-15(11)22(24)25/h1-7H,8-10H2. The first-order valence-electron chi connectivity index (χ1n) is 7.64. The maximum absolute atomic E-state index is 13.9. The Morgan fingerprint density at radius 1 is 1.31 bits per heavy atom. The second-order valence-electron chi connectivity index (χ2n) is 5.38. The normalized spacial score (nSPS) is 13.6. The van der Waals surface area contributed by atoms with Crippen LogP contribution < -0.4 is 0 Å². The van der Waals surface area contributed by atoms with Crippen LogP contribution >= 0.6 is 23.4 Å². The van der Waals surface area contributed by atoms with Crippen LogP contribution in [0.2, 0.25) is 5.02 Å². The molecule has 0 N–H and O–H groups in total. The Kier molecular flexibility index (Phi) is 5.53. The van der Waals surface area contributed by atoms with Crippen LogP contribution in [0.4, 0.5) is 10.1 Å². The molecule has 26 heavy (non-hydrogen) atoms. The number of thioether (sulfide) groups is 1. The first-order valence-corrected chi connectivity index (χ1v) is 9.01. The highest BCUT2D eigenvalue weighted by atomic mass is 35.5. The zero-order valence-corrected chi connectivity index (χ0v) is 15.0. The maximum Gasteiger partial charge on any atom is 0.282 e. The van der Waals surface area contributed by atoms with Gasteiger partial charge >= 0.3 is 0 Å². The fourth-order valence-electron chi connectivity index (χ4n) is 2.50. The summed E-state index contributed by atoms with van der Waals surface area (Å²) in [6.45, 7) is 0.706. The molecule has 6 nitrogen and oxygen atoms in total. The topological polar surface area (TPSA) is 75.8 Å². The van der Waals surface area contributed by atoms with Gasteiger partial charge in [0.1, 0.15) is 11.4 Å². The number of amides is 1. The molecule has 1 aliphatic rings. The molecule has 9 heteroatoms. The van der Waals surface area contributed by atoms with Crippen molar-refractivity contribution in [3.63, 3.8) is 0 Å². The number of halogens is 2. The van der Waals surface area contributed by atoms with Gasteiger partial charge < -0.3 is 0 Å². The van der Waals surface area contributed by atoms with Gasteiger partial charge in [0.25, 0.3) is 11.6 Å². The zero-order valence-electron chi connectivity index (χ0n) is 13.4. The average Bonchev–Trinajstić information content (AvgIpc) is 3.09. The monoisotopic (exact) mass is 393 g/mol. The van der Waals surface area contributed by atoms with Crippen molar-refractivity contribution >= 4 is 40.1 Å². The lowest BCUT2D eigenvalue weighted by Crippen LogP contribution is -2.33. The predicted octanol–water partition coefficient (Wildman–Crippen LogP) is 4.13. The third-order valence-corrected chi connectivity index (χ3v) is 5.18. The molecule has 1 heterocycles. The number of para-hydroxylation sites is 1. The number of carbonyl (C=O) groups is 1. The van der Waals surface area contributed by atoms with E-state index in [4.69, 9.17) is 11.6 Å². The van der Waals surface area contributed by atoms with E-state index in [1.165, 1.54) is 47.0 Å². The van der Waals surface area contributed by atoms with Crippen molar-refractivity contribution in [1.82, 2.24) is 4.90 Å². The second kappa shape index (κ2) is 7.84. The van der Waals surface area contributed by atoms with E-state index < -0.39 is 16.6 Å². The predicted molar refractivity (Wildman–Crippen MR) is 99.1 cm³/mol. The lowest BCUT2D eigenvalue weighted by Gasteiger charge is -2.18. The van der Waals surface area contributed by atoms with Gasteiger partial charge in [-0.1, -0.05) is 41.6 Å². The van der Waals surface area contributed by atoms with Gasteiger partial charge in [-0.25, -0.2) is 4.39 Å². The molecular weight excluding hydrogens is 381 g/mol. The van der Waals surface area contributed by atoms with Crippen molar-refractivity contribution < 1.29 is 14.1 Å². The second-order valence-corrected chi connectivity index (χ2v) is 6.73. The van der Waals surface area contributed by atoms with Gasteiger partial charge in [-0.15, -0.1) is 0 Å². The summed E-state index contributed by atoms with van der Waals surface area (Å²) in [7, 11) is 0. The van der Waals surface area contributed by atoms with Crippen LogP contribution in [0.1, 0.15) is 15.9 Å². The van der Waals surface area contributed by atoms with Crippen molar-refractivity contribution in [1.29, 1.82) is 0 Å². The van der Waals surface area contributed by atoms with E-state index in [1.54, 1.807) is 12.1 Å². The summed E-state index contributed by atoms with van der Waals surface area (Å²) < 4.78 is 13.9. The fourth-order valence-corrected chi connectivity index (χ4v) is 3.89. The van der Waals surface area contributed by atoms with Gasteiger partial charge in [0.15, 0.2) is 5.17 Å². The average molecular weight is 394 g/mol. The Bertz CT molecular complexity index is 886. The minimum absolute atomic E-state index is 0.00313. The van der Waals surface area contributed by atoms with E-state index in [0.29, 0.717) is 28.8 Å². The summed E-state index contributed by atoms with van der Waals surface area (Å²) in [6, 6.07) is 10.2. The third-order valence-electron chi connectivity index (χ3n) is 3.79. The summed E-state index contributed by atoms with van der Waals surface area (Å²) >= 11 is 7.19. The minimum atomic E-state index is -0.591. The summed E-state index contributed by atoms with van der Waals surface area (Å²) in [5.74, 6) is -0.730. The molecule has 1 aliphatic heterocycles. The molecule has 0 saturated carbocycles. The first-order chi connectivity index (χ1) is 12.5. The smallest absolute Gasteiger partial charge is 0.282 e. The molecule has 0 aliphatic carbocycles. The van der Waals surface area contributed by atoms with E-state index in [-0.39, 0.29) is 17.0 Å². The van der Waals surface area contributed by atoms with Crippen LogP contribution in [0, 0.1) is 15.9 Å². The van der Waals surface area contributed by atoms with Crippen molar-refractivity contribution in [3.8, 4) is 0 Å². The van der Waals surface area contributed by atoms with Crippen molar-refractivity contribution in [3.05, 3.63) is 74.5 Å². The fraction of sp³-hybridized carbons (Fsp3) is 0.176. The highest BCUT2D eigenvalue weighted by Crippen LogP contribution is 2.28. The Labute approximate surface area is 157 Å².